The van der Waals surface area contributed by atoms with Crippen molar-refractivity contribution in [2.24, 2.45) is 10.7 Å². The second kappa shape index (κ2) is 8.11. The average Bonchev–Trinajstić information content (AvgIpc) is 2.84. The van der Waals surface area contributed by atoms with E-state index in [1.807, 2.05) is 31.2 Å². The van der Waals surface area contributed by atoms with Crippen LogP contribution in [0.4, 0.5) is 5.69 Å². The largest absolute Gasteiger partial charge is 0.392 e. The van der Waals surface area contributed by atoms with Crippen molar-refractivity contribution in [1.82, 2.24) is 10.0 Å². The summed E-state index contributed by atoms with van der Waals surface area (Å²) in [6, 6.07) is 7.48. The van der Waals surface area contributed by atoms with E-state index in [2.05, 4.69) is 9.98 Å². The number of amidine groups is 1. The van der Waals surface area contributed by atoms with Crippen molar-refractivity contribution in [3.05, 3.63) is 53.4 Å². The lowest BCUT2D eigenvalue weighted by Crippen LogP contribution is -2.30. The van der Waals surface area contributed by atoms with Crippen LogP contribution in [0.25, 0.3) is 17.2 Å². The molecule has 7 nitrogen and oxygen atoms in total. The molecule has 27 heavy (non-hydrogen) atoms. The Bertz CT molecular complexity index is 921. The maximum atomic E-state index is 12.4. The van der Waals surface area contributed by atoms with E-state index in [0.717, 1.165) is 22.3 Å². The summed E-state index contributed by atoms with van der Waals surface area (Å²) in [5, 5.41) is 19.9. The Labute approximate surface area is 157 Å². The number of nitrogens with two attached hydrogens (primary N) is 1. The number of fused-ring (bicyclic) bond motifs is 1. The van der Waals surface area contributed by atoms with Crippen molar-refractivity contribution in [2.45, 2.75) is 26.4 Å². The van der Waals surface area contributed by atoms with Crippen molar-refractivity contribution in [3.8, 4) is 11.1 Å². The van der Waals surface area contributed by atoms with Crippen molar-refractivity contribution in [3.63, 3.8) is 0 Å². The molecule has 0 aliphatic carbocycles. The van der Waals surface area contributed by atoms with E-state index in [0.29, 0.717) is 28.6 Å². The van der Waals surface area contributed by atoms with Crippen molar-refractivity contribution in [2.75, 3.05) is 6.54 Å². The van der Waals surface area contributed by atoms with Gasteiger partial charge in [-0.1, -0.05) is 19.1 Å². The molecule has 2 heterocycles. The van der Waals surface area contributed by atoms with E-state index >= 15 is 0 Å². The van der Waals surface area contributed by atoms with Crippen LogP contribution < -0.4 is 5.73 Å². The van der Waals surface area contributed by atoms with Gasteiger partial charge in [-0.25, -0.2) is 10.1 Å². The van der Waals surface area contributed by atoms with Crippen LogP contribution >= 0.6 is 0 Å². The number of carbonyl (C=O) groups excluding carboxylic acids is 1. The quantitative estimate of drug-likeness (QED) is 0.556. The Kier molecular flexibility index (Phi) is 5.63. The van der Waals surface area contributed by atoms with E-state index in [-0.39, 0.29) is 19.6 Å². The lowest BCUT2D eigenvalue weighted by Gasteiger charge is -2.15. The molecule has 2 aromatic rings. The summed E-state index contributed by atoms with van der Waals surface area (Å²) in [7, 11) is 0. The normalized spacial score (nSPS) is 13.3. The lowest BCUT2D eigenvalue weighted by molar-refractivity contribution is -0.160. The van der Waals surface area contributed by atoms with Gasteiger partial charge in [-0.2, -0.15) is 0 Å². The summed E-state index contributed by atoms with van der Waals surface area (Å²) in [6.45, 7) is 2.05. The molecule has 3 rings (SSSR count). The van der Waals surface area contributed by atoms with Gasteiger partial charge in [0.1, 0.15) is 5.84 Å². The molecule has 0 atom stereocenters. The Balaban J connectivity index is 1.99. The third-order valence-electron chi connectivity index (χ3n) is 4.25. The van der Waals surface area contributed by atoms with Crippen LogP contribution in [-0.4, -0.2) is 38.6 Å². The molecule has 4 N–H and O–H groups in total. The van der Waals surface area contributed by atoms with Crippen molar-refractivity contribution in [1.29, 1.82) is 0 Å². The van der Waals surface area contributed by atoms with Gasteiger partial charge in [0.05, 0.1) is 12.3 Å². The number of amides is 1. The monoisotopic (exact) mass is 366 g/mol. The van der Waals surface area contributed by atoms with Gasteiger partial charge in [0.15, 0.2) is 0 Å². The molecule has 1 amide bonds. The van der Waals surface area contributed by atoms with Crippen LogP contribution in [0.1, 0.15) is 30.9 Å². The second-order valence-electron chi connectivity index (χ2n) is 6.39. The van der Waals surface area contributed by atoms with Crippen LogP contribution in [-0.2, 0) is 11.4 Å². The molecule has 0 saturated heterocycles. The molecule has 0 spiro atoms. The first-order chi connectivity index (χ1) is 13.0. The number of pyridine rings is 1. The maximum Gasteiger partial charge on any atom is 0.273 e. The molecule has 1 aliphatic rings. The fraction of sp³-hybridized carbons (Fsp3) is 0.250. The SMILES string of the molecule is CCCN(O)C(=O)C1=Cc2ccc(-c3cncc(CO)c3)cc2N=C(N)C1. The zero-order valence-electron chi connectivity index (χ0n) is 15.1. The molecule has 0 saturated carbocycles. The highest BCUT2D eigenvalue weighted by Crippen LogP contribution is 2.32. The third kappa shape index (κ3) is 4.21. The first kappa shape index (κ1) is 18.8. The molecule has 0 radical (unpaired) electrons. The zero-order chi connectivity index (χ0) is 19.4. The van der Waals surface area contributed by atoms with E-state index in [1.165, 1.54) is 0 Å². The third-order valence-corrected chi connectivity index (χ3v) is 4.25. The highest BCUT2D eigenvalue weighted by molar-refractivity contribution is 6.05. The Hall–Kier alpha value is -3.03. The number of aliphatic hydroxyl groups excluding tert-OH is 1. The van der Waals surface area contributed by atoms with Crippen molar-refractivity contribution < 1.29 is 15.1 Å². The van der Waals surface area contributed by atoms with Gasteiger partial charge >= 0.3 is 0 Å². The predicted molar refractivity (Wildman–Crippen MR) is 103 cm³/mol. The number of nitrogens with zero attached hydrogens (tertiary/aromatic N) is 3. The minimum atomic E-state index is -0.466. The van der Waals surface area contributed by atoms with Gasteiger partial charge in [-0.3, -0.25) is 15.0 Å². The summed E-state index contributed by atoms with van der Waals surface area (Å²) in [5.41, 5.74) is 10.2. The Morgan fingerprint density at radius 2 is 2.07 bits per heavy atom. The number of hydrogen-bond acceptors (Lipinski definition) is 6. The number of carbonyl (C=O) groups is 1. The lowest BCUT2D eigenvalue weighted by atomic mass is 10.0. The summed E-state index contributed by atoms with van der Waals surface area (Å²) in [4.78, 5) is 21.0. The molecule has 1 aromatic carbocycles. The minimum absolute atomic E-state index is 0.0828. The van der Waals surface area contributed by atoms with Crippen LogP contribution in [0.5, 0.6) is 0 Å². The summed E-state index contributed by atoms with van der Waals surface area (Å²) in [5.74, 6) is -0.163. The number of benzene rings is 1. The van der Waals surface area contributed by atoms with Gasteiger partial charge in [-0.15, -0.1) is 0 Å². The van der Waals surface area contributed by atoms with E-state index in [1.54, 1.807) is 18.5 Å². The highest BCUT2D eigenvalue weighted by atomic mass is 16.5. The molecule has 7 heteroatoms. The number of hydroxylamine groups is 2. The van der Waals surface area contributed by atoms with Crippen LogP contribution in [0, 0.1) is 0 Å². The van der Waals surface area contributed by atoms with Gasteiger partial charge in [0.2, 0.25) is 0 Å². The topological polar surface area (TPSA) is 112 Å². The average molecular weight is 366 g/mol. The van der Waals surface area contributed by atoms with Crippen LogP contribution in [0.15, 0.2) is 47.2 Å². The number of hydrogen-bond donors (Lipinski definition) is 3. The fourth-order valence-corrected chi connectivity index (χ4v) is 2.92. The Morgan fingerprint density at radius 3 is 2.81 bits per heavy atom. The standard InChI is InChI=1S/C20H22N4O3/c1-2-5-24(27)20(26)16-7-15-4-3-14(8-18(15)23-19(21)9-16)17-6-13(12-25)10-22-11-17/h3-4,6-8,10-11,25,27H,2,5,9,12H2,1H3,(H2,21,23). The number of aliphatic hydroxyl groups is 1. The first-order valence-corrected chi connectivity index (χ1v) is 8.75. The molecular weight excluding hydrogens is 344 g/mol. The van der Waals surface area contributed by atoms with E-state index < -0.39 is 5.91 Å². The highest BCUT2D eigenvalue weighted by Gasteiger charge is 2.20. The summed E-state index contributed by atoms with van der Waals surface area (Å²) >= 11 is 0. The minimum Gasteiger partial charge on any atom is -0.392 e. The number of aromatic nitrogens is 1. The molecular formula is C20H22N4O3. The van der Waals surface area contributed by atoms with Crippen LogP contribution in [0.3, 0.4) is 0 Å². The van der Waals surface area contributed by atoms with Gasteiger partial charge in [-0.05, 0) is 35.8 Å². The van der Waals surface area contributed by atoms with Gasteiger partial charge in [0.25, 0.3) is 5.91 Å². The fourth-order valence-electron chi connectivity index (χ4n) is 2.92. The summed E-state index contributed by atoms with van der Waals surface area (Å²) in [6.07, 6.45) is 5.86. The Morgan fingerprint density at radius 1 is 1.26 bits per heavy atom. The first-order valence-electron chi connectivity index (χ1n) is 8.75. The van der Waals surface area contributed by atoms with E-state index in [9.17, 15) is 15.1 Å². The molecule has 0 bridgehead atoms. The molecule has 140 valence electrons. The summed E-state index contributed by atoms with van der Waals surface area (Å²) < 4.78 is 0. The van der Waals surface area contributed by atoms with Gasteiger partial charge < -0.3 is 10.8 Å². The van der Waals surface area contributed by atoms with Crippen LogP contribution in [0.2, 0.25) is 0 Å². The van der Waals surface area contributed by atoms with Gasteiger partial charge in [0, 0.05) is 42.1 Å². The second-order valence-corrected chi connectivity index (χ2v) is 6.39. The molecule has 0 fully saturated rings. The number of rotatable bonds is 5. The predicted octanol–water partition coefficient (Wildman–Crippen LogP) is 2.64. The molecule has 1 aliphatic heterocycles. The maximum absolute atomic E-state index is 12.4. The number of aliphatic imine (C=N–C) groups is 1. The molecule has 0 unspecified atom stereocenters. The zero-order valence-corrected chi connectivity index (χ0v) is 15.1. The van der Waals surface area contributed by atoms with E-state index in [4.69, 9.17) is 5.73 Å². The molecule has 1 aromatic heterocycles. The van der Waals surface area contributed by atoms with Crippen molar-refractivity contribution >= 4 is 23.5 Å². The smallest absolute Gasteiger partial charge is 0.273 e.